The first kappa shape index (κ1) is 18.9. The second kappa shape index (κ2) is 7.40. The van der Waals surface area contributed by atoms with E-state index in [0.29, 0.717) is 5.69 Å². The number of carbonyl (C=O) groups is 3. The number of aromatic nitrogens is 1. The monoisotopic (exact) mass is 433 g/mol. The average Bonchev–Trinajstić information content (AvgIpc) is 3.09. The van der Waals surface area contributed by atoms with Crippen LogP contribution in [-0.2, 0) is 20.8 Å². The molecule has 7 nitrogen and oxygen atoms in total. The van der Waals surface area contributed by atoms with Crippen molar-refractivity contribution in [3.63, 3.8) is 0 Å². The van der Waals surface area contributed by atoms with Gasteiger partial charge in [-0.1, -0.05) is 34.8 Å². The van der Waals surface area contributed by atoms with E-state index >= 15 is 0 Å². The topological polar surface area (TPSA) is 99.6 Å². The number of nitrogens with zero attached hydrogens (tertiary/aromatic N) is 2. The summed E-state index contributed by atoms with van der Waals surface area (Å²) in [7, 11) is 0. The Morgan fingerprint density at radius 3 is 2.65 bits per heavy atom. The number of halogens is 3. The van der Waals surface area contributed by atoms with E-state index in [2.05, 4.69) is 10.3 Å². The zero-order chi connectivity index (χ0) is 19.0. The molecule has 1 unspecified atom stereocenters. The fraction of sp³-hybridized carbons (Fsp3) is 0.200. The number of benzene rings is 1. The summed E-state index contributed by atoms with van der Waals surface area (Å²) in [6.07, 6.45) is -0.378. The summed E-state index contributed by atoms with van der Waals surface area (Å²) in [5, 5.41) is 14.1. The van der Waals surface area contributed by atoms with Gasteiger partial charge in [0, 0.05) is 5.38 Å². The lowest BCUT2D eigenvalue weighted by molar-refractivity contribution is -0.136. The van der Waals surface area contributed by atoms with E-state index in [1.807, 2.05) is 0 Å². The number of amides is 2. The van der Waals surface area contributed by atoms with Crippen LogP contribution in [0, 0.1) is 0 Å². The lowest BCUT2D eigenvalue weighted by Gasteiger charge is -2.15. The maximum absolute atomic E-state index is 12.6. The van der Waals surface area contributed by atoms with Crippen molar-refractivity contribution >= 4 is 74.7 Å². The number of carboxylic acids is 1. The van der Waals surface area contributed by atoms with E-state index < -0.39 is 23.8 Å². The Balaban J connectivity index is 1.80. The number of nitrogens with one attached hydrogen (secondary N) is 1. The molecule has 2 N–H and O–H groups in total. The zero-order valence-electron chi connectivity index (χ0n) is 12.8. The molecule has 11 heteroatoms. The molecule has 1 aromatic heterocycles. The molecule has 26 heavy (non-hydrogen) atoms. The molecule has 1 atom stereocenters. The number of aliphatic carboxylic acids is 1. The Labute approximate surface area is 166 Å². The summed E-state index contributed by atoms with van der Waals surface area (Å²) in [4.78, 5) is 40.6. The largest absolute Gasteiger partial charge is 0.481 e. The fourth-order valence-electron chi connectivity index (χ4n) is 2.40. The van der Waals surface area contributed by atoms with Gasteiger partial charge in [0.15, 0.2) is 5.13 Å². The first-order valence-corrected chi connectivity index (χ1v) is 9.21. The van der Waals surface area contributed by atoms with Gasteiger partial charge in [0.1, 0.15) is 6.04 Å². The van der Waals surface area contributed by atoms with Crippen LogP contribution in [0.4, 0.5) is 10.8 Å². The molecular formula is C15H10Cl3N3O4S. The van der Waals surface area contributed by atoms with Gasteiger partial charge >= 0.3 is 5.97 Å². The summed E-state index contributed by atoms with van der Waals surface area (Å²) in [6.45, 7) is 0. The summed E-state index contributed by atoms with van der Waals surface area (Å²) in [6, 6.07) is 2.07. The highest BCUT2D eigenvalue weighted by atomic mass is 35.5. The predicted octanol–water partition coefficient (Wildman–Crippen LogP) is 3.47. The summed E-state index contributed by atoms with van der Waals surface area (Å²) < 4.78 is 0. The Hall–Kier alpha value is -1.87. The van der Waals surface area contributed by atoms with Crippen molar-refractivity contribution in [2.24, 2.45) is 0 Å². The lowest BCUT2D eigenvalue weighted by atomic mass is 10.2. The summed E-state index contributed by atoms with van der Waals surface area (Å²) >= 11 is 18.9. The number of imide groups is 1. The highest BCUT2D eigenvalue weighted by Gasteiger charge is 2.41. The minimum absolute atomic E-state index is 0.0940. The number of rotatable bonds is 5. The Morgan fingerprint density at radius 2 is 1.96 bits per heavy atom. The van der Waals surface area contributed by atoms with Crippen molar-refractivity contribution in [3.05, 3.63) is 38.3 Å². The number of hydrogen-bond donors (Lipinski definition) is 2. The number of carboxylic acid groups (broad SMARTS) is 1. The fourth-order valence-corrected chi connectivity index (χ4v) is 3.85. The van der Waals surface area contributed by atoms with Crippen molar-refractivity contribution in [1.82, 2.24) is 4.98 Å². The maximum atomic E-state index is 12.6. The van der Waals surface area contributed by atoms with Gasteiger partial charge in [-0.05, 0) is 12.1 Å². The molecule has 1 aromatic carbocycles. The normalized spacial score (nSPS) is 17.0. The molecule has 0 bridgehead atoms. The number of thiazole rings is 1. The van der Waals surface area contributed by atoms with E-state index in [4.69, 9.17) is 39.9 Å². The van der Waals surface area contributed by atoms with E-state index in [-0.39, 0.29) is 38.7 Å². The number of carbonyl (C=O) groups excluding carboxylic acids is 2. The van der Waals surface area contributed by atoms with Crippen molar-refractivity contribution in [2.45, 2.75) is 18.9 Å². The molecule has 1 saturated heterocycles. The van der Waals surface area contributed by atoms with Crippen LogP contribution in [0.15, 0.2) is 17.5 Å². The highest BCUT2D eigenvalue weighted by molar-refractivity contribution is 7.14. The minimum atomic E-state index is -1.05. The average molecular weight is 435 g/mol. The molecule has 1 aliphatic rings. The van der Waals surface area contributed by atoms with E-state index in [1.165, 1.54) is 17.5 Å². The second-order valence-electron chi connectivity index (χ2n) is 5.41. The number of hydrogen-bond acceptors (Lipinski definition) is 6. The molecule has 136 valence electrons. The number of anilines is 2. The van der Waals surface area contributed by atoms with Crippen LogP contribution in [0.25, 0.3) is 0 Å². The van der Waals surface area contributed by atoms with Crippen LogP contribution in [0.3, 0.4) is 0 Å². The van der Waals surface area contributed by atoms with Gasteiger partial charge in [0.2, 0.25) is 5.91 Å². The van der Waals surface area contributed by atoms with Gasteiger partial charge < -0.3 is 10.4 Å². The van der Waals surface area contributed by atoms with Crippen molar-refractivity contribution < 1.29 is 19.5 Å². The smallest absolute Gasteiger partial charge is 0.309 e. The van der Waals surface area contributed by atoms with Gasteiger partial charge in [-0.15, -0.1) is 11.3 Å². The van der Waals surface area contributed by atoms with Crippen LogP contribution in [0.1, 0.15) is 12.1 Å². The maximum Gasteiger partial charge on any atom is 0.309 e. The van der Waals surface area contributed by atoms with Gasteiger partial charge in [-0.2, -0.15) is 0 Å². The molecule has 2 heterocycles. The highest BCUT2D eigenvalue weighted by Crippen LogP contribution is 2.34. The first-order valence-electron chi connectivity index (χ1n) is 7.20. The van der Waals surface area contributed by atoms with Crippen LogP contribution in [-0.4, -0.2) is 33.9 Å². The molecule has 0 radical (unpaired) electrons. The Bertz CT molecular complexity index is 918. The molecule has 2 amide bonds. The van der Waals surface area contributed by atoms with Crippen LogP contribution in [0.5, 0.6) is 0 Å². The van der Waals surface area contributed by atoms with E-state index in [9.17, 15) is 14.4 Å². The van der Waals surface area contributed by atoms with E-state index in [1.54, 1.807) is 0 Å². The predicted molar refractivity (Wildman–Crippen MR) is 99.4 cm³/mol. The molecule has 2 aromatic rings. The molecule has 1 aliphatic heterocycles. The molecule has 0 spiro atoms. The van der Waals surface area contributed by atoms with Crippen LogP contribution >= 0.6 is 46.1 Å². The molecule has 3 rings (SSSR count). The van der Waals surface area contributed by atoms with Crippen LogP contribution in [0.2, 0.25) is 15.1 Å². The minimum Gasteiger partial charge on any atom is -0.481 e. The third-order valence-corrected chi connectivity index (χ3v) is 5.46. The van der Waals surface area contributed by atoms with Gasteiger partial charge in [0.05, 0.1) is 39.3 Å². The van der Waals surface area contributed by atoms with Gasteiger partial charge in [-0.3, -0.25) is 14.4 Å². The molecule has 0 saturated carbocycles. The van der Waals surface area contributed by atoms with Crippen molar-refractivity contribution in [2.75, 3.05) is 10.2 Å². The summed E-state index contributed by atoms with van der Waals surface area (Å²) in [5.41, 5.74) is 0.654. The van der Waals surface area contributed by atoms with Crippen molar-refractivity contribution in [3.8, 4) is 0 Å². The Morgan fingerprint density at radius 1 is 1.27 bits per heavy atom. The zero-order valence-corrected chi connectivity index (χ0v) is 15.9. The third-order valence-electron chi connectivity index (χ3n) is 3.55. The van der Waals surface area contributed by atoms with E-state index in [0.717, 1.165) is 16.2 Å². The first-order chi connectivity index (χ1) is 12.3. The van der Waals surface area contributed by atoms with Crippen LogP contribution < -0.4 is 10.2 Å². The third kappa shape index (κ3) is 3.78. The summed E-state index contributed by atoms with van der Waals surface area (Å²) in [5.74, 6) is -2.00. The Kier molecular flexibility index (Phi) is 5.38. The molecular weight excluding hydrogens is 425 g/mol. The SMILES string of the molecule is O=C(O)Cc1csc(N2C(=O)CC(Nc3cc(Cl)c(Cl)cc3Cl)C2=O)n1. The lowest BCUT2D eigenvalue weighted by Crippen LogP contribution is -2.34. The van der Waals surface area contributed by atoms with Crippen molar-refractivity contribution in [1.29, 1.82) is 0 Å². The van der Waals surface area contributed by atoms with Gasteiger partial charge in [0.25, 0.3) is 5.91 Å². The molecule has 0 aliphatic carbocycles. The van der Waals surface area contributed by atoms with Gasteiger partial charge in [-0.25, -0.2) is 9.88 Å². The quantitative estimate of drug-likeness (QED) is 0.552. The molecule has 1 fully saturated rings. The second-order valence-corrected chi connectivity index (χ2v) is 7.46. The standard InChI is InChI=1S/C15H10Cl3N3O4S/c16-7-2-9(18)10(3-8(7)17)20-11-4-12(22)21(14(11)25)15-19-6(5-26-15)1-13(23)24/h2-3,5,11,20H,1,4H2,(H,23,24).